The van der Waals surface area contributed by atoms with Crippen LogP contribution in [0.1, 0.15) is 38.3 Å². The number of likely N-dealkylation sites (tertiary alicyclic amines) is 1. The molecule has 4 aromatic rings. The third-order valence-corrected chi connectivity index (χ3v) is 9.25. The Hall–Kier alpha value is -5.35. The van der Waals surface area contributed by atoms with Crippen LogP contribution in [0.3, 0.4) is 0 Å². The Morgan fingerprint density at radius 3 is 2.42 bits per heavy atom. The fraction of sp³-hybridized carbons (Fsp3) is 0.286. The van der Waals surface area contributed by atoms with E-state index < -0.39 is 22.0 Å². The number of hydrogen-bond donors (Lipinski definition) is 3. The molecule has 1 atom stereocenters. The van der Waals surface area contributed by atoms with Crippen LogP contribution in [-0.4, -0.2) is 62.9 Å². The number of nitrogens with zero attached hydrogens (tertiary/aromatic N) is 2. The van der Waals surface area contributed by atoms with Crippen molar-refractivity contribution in [3.8, 4) is 18.6 Å². The van der Waals surface area contributed by atoms with Gasteiger partial charge in [0.15, 0.2) is 9.84 Å². The maximum absolute atomic E-state index is 13.3. The molecule has 1 aliphatic rings. The molecule has 11 nitrogen and oxygen atoms in total. The first kappa shape index (κ1) is 37.1. The summed E-state index contributed by atoms with van der Waals surface area (Å²) in [5.74, 6) is 0.690. The number of amides is 2. The monoisotopic (exact) mass is 677 g/mol. The summed E-state index contributed by atoms with van der Waals surface area (Å²) in [5, 5.41) is 7.48. The van der Waals surface area contributed by atoms with E-state index in [-0.39, 0.29) is 28.9 Å². The van der Waals surface area contributed by atoms with E-state index in [2.05, 4.69) is 33.2 Å². The number of halogens is 1. The molecule has 4 N–H and O–H groups in total. The largest absolute Gasteiger partial charge is 0.494 e. The molecule has 0 radical (unpaired) electrons. The third kappa shape index (κ3) is 9.59. The molecule has 1 aliphatic heterocycles. The molecule has 0 saturated carbocycles. The summed E-state index contributed by atoms with van der Waals surface area (Å²) >= 11 is 0. The molecule has 1 saturated heterocycles. The second-order valence-electron chi connectivity index (χ2n) is 10.4. The summed E-state index contributed by atoms with van der Waals surface area (Å²) in [6.45, 7) is 4.63. The summed E-state index contributed by atoms with van der Waals surface area (Å²) in [5.41, 5.74) is 7.56. The molecule has 0 unspecified atom stereocenters. The van der Waals surface area contributed by atoms with Crippen molar-refractivity contribution in [2.75, 3.05) is 48.9 Å². The highest BCUT2D eigenvalue weighted by Gasteiger charge is 2.33. The van der Waals surface area contributed by atoms with Crippen LogP contribution in [-0.2, 0) is 19.4 Å². The van der Waals surface area contributed by atoms with Gasteiger partial charge in [-0.2, -0.15) is 0 Å². The van der Waals surface area contributed by atoms with Gasteiger partial charge in [-0.25, -0.2) is 22.6 Å². The number of rotatable bonds is 9. The molecular weight excluding hydrogens is 637 g/mol. The van der Waals surface area contributed by atoms with Gasteiger partial charge in [0.2, 0.25) is 5.91 Å². The fourth-order valence-corrected chi connectivity index (χ4v) is 6.31. The van der Waals surface area contributed by atoms with Crippen LogP contribution in [0, 0.1) is 18.7 Å². The molecule has 0 bridgehead atoms. The standard InChI is InChI=1S/C25H29N5O5S.C8H9FO.C2H2/c1-3-36(33,34)22-9-7-18(29-25(32)35-2)14-20(22)21-5-4-12-30(21)23(31)15-28-17-6-8-19-16(13-17)10-11-27-24(19)26;1-2-10-8-5-3-7(9)4-6-8;1-2/h6-11,13-14,21,28H,3-5,12,15H2,1-2H3,(H2,26,27)(H,29,32);3-6H,2H2,1H3;1-2H/t21-;;/m1../s1. The molecule has 3 aromatic carbocycles. The summed E-state index contributed by atoms with van der Waals surface area (Å²) in [7, 11) is -2.31. The predicted molar refractivity (Wildman–Crippen MR) is 186 cm³/mol. The van der Waals surface area contributed by atoms with Gasteiger partial charge < -0.3 is 25.4 Å². The minimum Gasteiger partial charge on any atom is -0.494 e. The molecular formula is C35H40FN5O6S. The normalized spacial score (nSPS) is 13.7. The highest BCUT2D eigenvalue weighted by molar-refractivity contribution is 7.91. The summed E-state index contributed by atoms with van der Waals surface area (Å²) < 4.78 is 47.7. The van der Waals surface area contributed by atoms with Gasteiger partial charge in [-0.05, 0) is 97.4 Å². The lowest BCUT2D eigenvalue weighted by Crippen LogP contribution is -2.35. The third-order valence-electron chi connectivity index (χ3n) is 7.45. The number of aromatic nitrogens is 1. The minimum absolute atomic E-state index is 0.0402. The molecule has 13 heteroatoms. The van der Waals surface area contributed by atoms with Gasteiger partial charge in [-0.15, -0.1) is 12.8 Å². The lowest BCUT2D eigenvalue weighted by atomic mass is 10.0. The zero-order valence-electron chi connectivity index (χ0n) is 27.1. The van der Waals surface area contributed by atoms with Crippen molar-refractivity contribution in [1.82, 2.24) is 9.88 Å². The van der Waals surface area contributed by atoms with Crippen LogP contribution in [0.2, 0.25) is 0 Å². The number of carbonyl (C=O) groups is 2. The van der Waals surface area contributed by atoms with Gasteiger partial charge in [-0.3, -0.25) is 10.1 Å². The number of sulfone groups is 1. The van der Waals surface area contributed by atoms with Gasteiger partial charge in [0.05, 0.1) is 37.0 Å². The van der Waals surface area contributed by atoms with Crippen LogP contribution < -0.4 is 21.1 Å². The van der Waals surface area contributed by atoms with Crippen molar-refractivity contribution in [2.24, 2.45) is 0 Å². The van der Waals surface area contributed by atoms with Gasteiger partial charge in [-0.1, -0.05) is 6.92 Å². The number of hydrogen-bond acceptors (Lipinski definition) is 9. The molecule has 1 fully saturated rings. The summed E-state index contributed by atoms with van der Waals surface area (Å²) in [6, 6.07) is 17.6. The van der Waals surface area contributed by atoms with E-state index in [4.69, 9.17) is 10.5 Å². The number of nitrogens with one attached hydrogen (secondary N) is 2. The Kier molecular flexibility index (Phi) is 13.6. The molecule has 48 heavy (non-hydrogen) atoms. The first-order valence-electron chi connectivity index (χ1n) is 15.2. The average Bonchev–Trinajstić information content (AvgIpc) is 3.60. The van der Waals surface area contributed by atoms with Crippen molar-refractivity contribution >= 4 is 49.8 Å². The zero-order valence-corrected chi connectivity index (χ0v) is 27.9. The van der Waals surface area contributed by atoms with Gasteiger partial charge >= 0.3 is 6.09 Å². The molecule has 0 aliphatic carbocycles. The quantitative estimate of drug-likeness (QED) is 0.180. The number of terminal acetylenes is 1. The van der Waals surface area contributed by atoms with Gasteiger partial charge in [0.1, 0.15) is 17.4 Å². The fourth-order valence-electron chi connectivity index (χ4n) is 5.17. The number of fused-ring (bicyclic) bond motifs is 1. The molecule has 254 valence electrons. The van der Waals surface area contributed by atoms with E-state index in [0.29, 0.717) is 42.4 Å². The molecule has 0 spiro atoms. The summed E-state index contributed by atoms with van der Waals surface area (Å²) in [4.78, 5) is 30.9. The topological polar surface area (TPSA) is 153 Å². The average molecular weight is 678 g/mol. The molecule has 5 rings (SSSR count). The van der Waals surface area contributed by atoms with Crippen LogP contribution in [0.15, 0.2) is 77.8 Å². The Morgan fingerprint density at radius 1 is 1.04 bits per heavy atom. The first-order valence-corrected chi connectivity index (χ1v) is 16.8. The second-order valence-corrected chi connectivity index (χ2v) is 12.6. The Morgan fingerprint density at radius 2 is 1.75 bits per heavy atom. The Bertz CT molecular complexity index is 1830. The lowest BCUT2D eigenvalue weighted by molar-refractivity contribution is -0.130. The van der Waals surface area contributed by atoms with Gasteiger partial charge in [0.25, 0.3) is 0 Å². The highest BCUT2D eigenvalue weighted by Crippen LogP contribution is 2.37. The number of nitrogen functional groups attached to an aromatic ring is 1. The van der Waals surface area contributed by atoms with Crippen LogP contribution in [0.5, 0.6) is 5.75 Å². The number of ether oxygens (including phenoxy) is 2. The second kappa shape index (κ2) is 17.5. The number of methoxy groups -OCH3 is 1. The van der Waals surface area contributed by atoms with E-state index in [9.17, 15) is 22.4 Å². The predicted octanol–water partition coefficient (Wildman–Crippen LogP) is 6.04. The van der Waals surface area contributed by atoms with Crippen molar-refractivity contribution in [3.05, 3.63) is 84.3 Å². The van der Waals surface area contributed by atoms with E-state index in [1.165, 1.54) is 31.4 Å². The minimum atomic E-state index is -3.56. The smallest absolute Gasteiger partial charge is 0.411 e. The zero-order chi connectivity index (χ0) is 35.3. The number of benzene rings is 3. The van der Waals surface area contributed by atoms with Crippen molar-refractivity contribution in [1.29, 1.82) is 0 Å². The highest BCUT2D eigenvalue weighted by atomic mass is 32.2. The molecule has 1 aromatic heterocycles. The van der Waals surface area contributed by atoms with Gasteiger partial charge in [0, 0.05) is 29.5 Å². The Balaban J connectivity index is 0.000000442. The van der Waals surface area contributed by atoms with Crippen LogP contribution >= 0.6 is 0 Å². The van der Waals surface area contributed by atoms with E-state index in [1.807, 2.05) is 31.2 Å². The Labute approximate surface area is 280 Å². The molecule has 2 heterocycles. The van der Waals surface area contributed by atoms with Crippen LogP contribution in [0.25, 0.3) is 10.8 Å². The molecule has 2 amide bonds. The number of carbonyl (C=O) groups excluding carboxylic acids is 2. The number of anilines is 3. The number of pyridine rings is 1. The van der Waals surface area contributed by atoms with Crippen molar-refractivity contribution in [3.63, 3.8) is 0 Å². The van der Waals surface area contributed by atoms with Crippen molar-refractivity contribution < 1.29 is 31.9 Å². The SMILES string of the molecule is C#C.CCOc1ccc(F)cc1.CCS(=O)(=O)c1ccc(NC(=O)OC)cc1[C@H]1CCCN1C(=O)CNc1ccc2c(N)nccc2c1. The van der Waals surface area contributed by atoms with Crippen LogP contribution in [0.4, 0.5) is 26.4 Å². The maximum Gasteiger partial charge on any atom is 0.411 e. The number of nitrogens with two attached hydrogens (primary N) is 1. The van der Waals surface area contributed by atoms with Crippen molar-refractivity contribution in [2.45, 2.75) is 37.6 Å². The van der Waals surface area contributed by atoms with E-state index in [0.717, 1.165) is 22.9 Å². The maximum atomic E-state index is 13.3. The van der Waals surface area contributed by atoms with E-state index in [1.54, 1.807) is 36.2 Å². The lowest BCUT2D eigenvalue weighted by Gasteiger charge is -2.27. The first-order chi connectivity index (χ1) is 23.1. The van der Waals surface area contributed by atoms with E-state index >= 15 is 0 Å². The summed E-state index contributed by atoms with van der Waals surface area (Å²) in [6.07, 6.45) is 10.3.